The quantitative estimate of drug-likeness (QED) is 0.304. The van der Waals surface area contributed by atoms with Gasteiger partial charge in [-0.25, -0.2) is 0 Å². The monoisotopic (exact) mass is 457 g/mol. The molecule has 34 heavy (non-hydrogen) atoms. The van der Waals surface area contributed by atoms with E-state index in [2.05, 4.69) is 5.32 Å². The van der Waals surface area contributed by atoms with E-state index in [0.29, 0.717) is 29.4 Å². The summed E-state index contributed by atoms with van der Waals surface area (Å²) in [5.41, 5.74) is 4.86. The van der Waals surface area contributed by atoms with Gasteiger partial charge in [-0.1, -0.05) is 24.3 Å². The van der Waals surface area contributed by atoms with Crippen molar-refractivity contribution in [2.75, 3.05) is 26.1 Å². The molecule has 0 aliphatic heterocycles. The number of para-hydroxylation sites is 2. The van der Waals surface area contributed by atoms with E-state index in [-0.39, 0.29) is 5.91 Å². The number of hydrogen-bond acceptors (Lipinski definition) is 5. The Labute approximate surface area is 198 Å². The van der Waals surface area contributed by atoms with Gasteiger partial charge in [-0.3, -0.25) is 4.79 Å². The smallest absolute Gasteiger partial charge is 0.248 e. The van der Waals surface area contributed by atoms with Crippen LogP contribution in [0.15, 0.2) is 77.4 Å². The van der Waals surface area contributed by atoms with Gasteiger partial charge in [0, 0.05) is 28.7 Å². The van der Waals surface area contributed by atoms with Crippen LogP contribution in [-0.2, 0) is 4.79 Å². The highest BCUT2D eigenvalue weighted by atomic mass is 16.5. The number of benzene rings is 3. The number of rotatable bonds is 8. The van der Waals surface area contributed by atoms with Crippen LogP contribution in [0.25, 0.3) is 27.7 Å². The highest BCUT2D eigenvalue weighted by Gasteiger charge is 2.16. The van der Waals surface area contributed by atoms with Crippen LogP contribution in [0.3, 0.4) is 0 Å². The summed E-state index contributed by atoms with van der Waals surface area (Å²) in [6.45, 7) is 4.30. The zero-order chi connectivity index (χ0) is 24.1. The van der Waals surface area contributed by atoms with Crippen LogP contribution < -0.4 is 19.5 Å². The van der Waals surface area contributed by atoms with Crippen molar-refractivity contribution < 1.29 is 23.4 Å². The molecule has 4 aromatic rings. The minimum Gasteiger partial charge on any atom is -0.497 e. The lowest BCUT2D eigenvalue weighted by atomic mass is 9.99. The normalized spacial score (nSPS) is 11.4. The fourth-order valence-electron chi connectivity index (χ4n) is 3.82. The third kappa shape index (κ3) is 4.76. The van der Waals surface area contributed by atoms with E-state index < -0.39 is 0 Å². The minimum absolute atomic E-state index is 0.257. The van der Waals surface area contributed by atoms with Crippen LogP contribution in [0.4, 0.5) is 5.69 Å². The molecule has 6 nitrogen and oxygen atoms in total. The van der Waals surface area contributed by atoms with Gasteiger partial charge < -0.3 is 23.9 Å². The van der Waals surface area contributed by atoms with Crippen LogP contribution in [-0.4, -0.2) is 26.7 Å². The maximum Gasteiger partial charge on any atom is 0.248 e. The highest BCUT2D eigenvalue weighted by molar-refractivity contribution is 6.06. The Morgan fingerprint density at radius 1 is 1.00 bits per heavy atom. The molecular weight excluding hydrogens is 430 g/mol. The Kier molecular flexibility index (Phi) is 6.87. The second kappa shape index (κ2) is 10.2. The Morgan fingerprint density at radius 3 is 2.47 bits per heavy atom. The predicted octanol–water partition coefficient (Wildman–Crippen LogP) is 6.56. The molecule has 0 fully saturated rings. The molecule has 0 aliphatic carbocycles. The molecule has 0 saturated carbocycles. The van der Waals surface area contributed by atoms with Gasteiger partial charge in [0.1, 0.15) is 22.8 Å². The van der Waals surface area contributed by atoms with Crippen molar-refractivity contribution in [2.24, 2.45) is 0 Å². The molecule has 1 amide bonds. The summed E-state index contributed by atoms with van der Waals surface area (Å²) in [4.78, 5) is 12.8. The third-order valence-electron chi connectivity index (χ3n) is 5.51. The maximum atomic E-state index is 12.8. The number of hydrogen-bond donors (Lipinski definition) is 1. The van der Waals surface area contributed by atoms with E-state index in [1.54, 1.807) is 38.7 Å². The Hall–Kier alpha value is -4.19. The molecule has 3 aromatic carbocycles. The molecule has 1 N–H and O–H groups in total. The average Bonchev–Trinajstić information content (AvgIpc) is 3.27. The summed E-state index contributed by atoms with van der Waals surface area (Å²) in [5, 5.41) is 3.81. The van der Waals surface area contributed by atoms with Crippen molar-refractivity contribution >= 4 is 28.1 Å². The summed E-state index contributed by atoms with van der Waals surface area (Å²) in [7, 11) is 3.21. The van der Waals surface area contributed by atoms with Crippen LogP contribution in [0.5, 0.6) is 17.2 Å². The Bertz CT molecular complexity index is 1330. The highest BCUT2D eigenvalue weighted by Crippen LogP contribution is 2.38. The number of fused-ring (bicyclic) bond motifs is 1. The van der Waals surface area contributed by atoms with Crippen molar-refractivity contribution in [3.8, 4) is 28.4 Å². The summed E-state index contributed by atoms with van der Waals surface area (Å²) < 4.78 is 22.3. The maximum absolute atomic E-state index is 12.8. The molecule has 0 aliphatic rings. The van der Waals surface area contributed by atoms with E-state index in [1.807, 2.05) is 62.4 Å². The van der Waals surface area contributed by atoms with Gasteiger partial charge in [-0.05, 0) is 55.3 Å². The van der Waals surface area contributed by atoms with Gasteiger partial charge in [-0.2, -0.15) is 0 Å². The van der Waals surface area contributed by atoms with Crippen LogP contribution in [0.2, 0.25) is 0 Å². The third-order valence-corrected chi connectivity index (χ3v) is 5.51. The average molecular weight is 458 g/mol. The molecule has 0 atom stereocenters. The van der Waals surface area contributed by atoms with Gasteiger partial charge in [0.15, 0.2) is 0 Å². The molecule has 0 saturated heterocycles. The van der Waals surface area contributed by atoms with Crippen molar-refractivity contribution in [3.05, 3.63) is 78.6 Å². The zero-order valence-electron chi connectivity index (χ0n) is 19.7. The second-order valence-electron chi connectivity index (χ2n) is 7.67. The fourth-order valence-corrected chi connectivity index (χ4v) is 3.82. The second-order valence-corrected chi connectivity index (χ2v) is 7.67. The van der Waals surface area contributed by atoms with Crippen molar-refractivity contribution in [2.45, 2.75) is 13.8 Å². The van der Waals surface area contributed by atoms with Crippen LogP contribution in [0.1, 0.15) is 19.4 Å². The van der Waals surface area contributed by atoms with Gasteiger partial charge in [0.05, 0.1) is 32.8 Å². The van der Waals surface area contributed by atoms with Crippen molar-refractivity contribution in [1.29, 1.82) is 0 Å². The fraction of sp³-hybridized carbons (Fsp3) is 0.179. The number of allylic oxidation sites excluding steroid dienone is 1. The van der Waals surface area contributed by atoms with Gasteiger partial charge in [0.2, 0.25) is 5.91 Å². The first kappa shape index (κ1) is 23.0. The number of amides is 1. The van der Waals surface area contributed by atoms with E-state index in [9.17, 15) is 4.79 Å². The van der Waals surface area contributed by atoms with Crippen LogP contribution >= 0.6 is 0 Å². The van der Waals surface area contributed by atoms with Crippen molar-refractivity contribution in [3.63, 3.8) is 0 Å². The van der Waals surface area contributed by atoms with Gasteiger partial charge in [0.25, 0.3) is 0 Å². The summed E-state index contributed by atoms with van der Waals surface area (Å²) in [6.07, 6.45) is 3.29. The molecule has 174 valence electrons. The summed E-state index contributed by atoms with van der Waals surface area (Å²) >= 11 is 0. The number of anilines is 1. The van der Waals surface area contributed by atoms with Crippen molar-refractivity contribution in [1.82, 2.24) is 0 Å². The van der Waals surface area contributed by atoms with E-state index in [1.165, 1.54) is 0 Å². The van der Waals surface area contributed by atoms with E-state index in [4.69, 9.17) is 18.6 Å². The molecule has 0 unspecified atom stereocenters. The lowest BCUT2D eigenvalue weighted by molar-refractivity contribution is -0.111. The molecule has 4 rings (SSSR count). The van der Waals surface area contributed by atoms with Crippen LogP contribution in [0, 0.1) is 0 Å². The lowest BCUT2D eigenvalue weighted by Crippen LogP contribution is -2.09. The lowest BCUT2D eigenvalue weighted by Gasteiger charge is -2.12. The first-order chi connectivity index (χ1) is 16.5. The molecule has 0 radical (unpaired) electrons. The molecule has 1 heterocycles. The number of carbonyl (C=O) groups is 1. The largest absolute Gasteiger partial charge is 0.497 e. The molecule has 6 heteroatoms. The molecule has 0 bridgehead atoms. The first-order valence-electron chi connectivity index (χ1n) is 11.0. The molecule has 0 spiro atoms. The number of furan rings is 1. The first-order valence-corrected chi connectivity index (χ1v) is 11.0. The predicted molar refractivity (Wildman–Crippen MR) is 135 cm³/mol. The summed E-state index contributed by atoms with van der Waals surface area (Å²) in [5.74, 6) is 1.79. The zero-order valence-corrected chi connectivity index (χ0v) is 19.7. The minimum atomic E-state index is -0.257. The number of methoxy groups -OCH3 is 2. The number of carbonyl (C=O) groups excluding carboxylic acids is 1. The SMILES string of the molecule is CCOc1cc2occ(-c3ccc(OC)cc3)c2cc1/C(C)=C/C(=O)Nc1ccccc1OC. The standard InChI is InChI=1S/C28H27NO5/c1-5-33-26-16-27-22(23(17-34-27)19-10-12-20(31-3)13-11-19)15-21(26)18(2)14-28(30)29-24-8-6-7-9-25(24)32-4/h6-17H,5H2,1-4H3,(H,29,30)/b18-14+. The molecular formula is C28H27NO5. The van der Waals surface area contributed by atoms with E-state index in [0.717, 1.165) is 33.4 Å². The Balaban J connectivity index is 1.71. The molecule has 1 aromatic heterocycles. The van der Waals surface area contributed by atoms with E-state index >= 15 is 0 Å². The topological polar surface area (TPSA) is 69.9 Å². The summed E-state index contributed by atoms with van der Waals surface area (Å²) in [6, 6.07) is 19.0. The number of nitrogens with one attached hydrogen (secondary N) is 1. The number of ether oxygens (including phenoxy) is 3. The Morgan fingerprint density at radius 2 is 1.76 bits per heavy atom. The van der Waals surface area contributed by atoms with Gasteiger partial charge in [-0.15, -0.1) is 0 Å². The van der Waals surface area contributed by atoms with Gasteiger partial charge >= 0.3 is 0 Å².